The minimum atomic E-state index is -0.274. The van der Waals surface area contributed by atoms with Crippen LogP contribution in [0.5, 0.6) is 0 Å². The number of urea groups is 1. The summed E-state index contributed by atoms with van der Waals surface area (Å²) in [5.41, 5.74) is 4.81. The average Bonchev–Trinajstić information content (AvgIpc) is 3.40. The predicted octanol–water partition coefficient (Wildman–Crippen LogP) is 8.82. The van der Waals surface area contributed by atoms with Gasteiger partial charge in [0, 0.05) is 29.4 Å². The molecular weight excluding hydrogens is 550 g/mol. The maximum atomic E-state index is 12.3. The van der Waals surface area contributed by atoms with Crippen molar-refractivity contribution >= 4 is 55.5 Å². The number of para-hydroxylation sites is 1. The third-order valence-electron chi connectivity index (χ3n) is 6.95. The van der Waals surface area contributed by atoms with E-state index in [0.29, 0.717) is 6.54 Å². The number of carbonyl (C=O) groups excluding carboxylic acids is 1. The van der Waals surface area contributed by atoms with Gasteiger partial charge in [0.1, 0.15) is 17.0 Å². The van der Waals surface area contributed by atoms with E-state index in [1.54, 1.807) is 17.7 Å². The van der Waals surface area contributed by atoms with Gasteiger partial charge in [-0.25, -0.2) is 14.8 Å². The number of anilines is 3. The lowest BCUT2D eigenvalue weighted by Crippen LogP contribution is -2.19. The van der Waals surface area contributed by atoms with Crippen molar-refractivity contribution < 1.29 is 4.79 Å². The van der Waals surface area contributed by atoms with Gasteiger partial charge >= 0.3 is 6.03 Å². The Balaban J connectivity index is 1.21. The molecule has 0 aliphatic rings. The van der Waals surface area contributed by atoms with Crippen LogP contribution in [0.1, 0.15) is 24.3 Å². The highest BCUT2D eigenvalue weighted by atomic mass is 32.1. The quantitative estimate of drug-likeness (QED) is 0.165. The number of fused-ring (bicyclic) bond motifs is 2. The van der Waals surface area contributed by atoms with E-state index in [1.165, 1.54) is 10.8 Å². The first-order valence-corrected chi connectivity index (χ1v) is 15.1. The molecule has 0 unspecified atom stereocenters. The summed E-state index contributed by atoms with van der Waals surface area (Å²) < 4.78 is 0. The number of hydrogen-bond acceptors (Lipinski definition) is 5. The molecule has 6 nitrogen and oxygen atoms in total. The number of benzene rings is 4. The normalized spacial score (nSPS) is 10.9. The monoisotopic (exact) mass is 581 g/mol. The van der Waals surface area contributed by atoms with E-state index in [1.807, 2.05) is 54.6 Å². The highest BCUT2D eigenvalue weighted by Crippen LogP contribution is 2.41. The zero-order valence-corrected chi connectivity index (χ0v) is 24.8. The Hall–Kier alpha value is -5.19. The number of nitrogens with zero attached hydrogens (tertiary/aromatic N) is 2. The molecule has 0 aliphatic heterocycles. The Morgan fingerprint density at radius 3 is 2.33 bits per heavy atom. The number of carbonyl (C=O) groups is 1. The van der Waals surface area contributed by atoms with Crippen molar-refractivity contribution in [2.24, 2.45) is 5.92 Å². The van der Waals surface area contributed by atoms with Crippen LogP contribution in [0.25, 0.3) is 32.1 Å². The topological polar surface area (TPSA) is 78.9 Å². The van der Waals surface area contributed by atoms with Crippen LogP contribution in [0.4, 0.5) is 22.0 Å². The molecular formula is C36H31N5OS. The van der Waals surface area contributed by atoms with Gasteiger partial charge in [-0.05, 0) is 58.7 Å². The maximum absolute atomic E-state index is 12.3. The molecule has 0 saturated heterocycles. The van der Waals surface area contributed by atoms with Crippen LogP contribution in [-0.4, -0.2) is 22.5 Å². The van der Waals surface area contributed by atoms with Crippen LogP contribution in [0.15, 0.2) is 103 Å². The van der Waals surface area contributed by atoms with Gasteiger partial charge in [0.25, 0.3) is 0 Å². The Morgan fingerprint density at radius 1 is 0.837 bits per heavy atom. The second-order valence-electron chi connectivity index (χ2n) is 10.5. The number of aromatic nitrogens is 2. The molecule has 0 spiro atoms. The summed E-state index contributed by atoms with van der Waals surface area (Å²) in [4.78, 5) is 23.5. The van der Waals surface area contributed by atoms with Gasteiger partial charge in [-0.15, -0.1) is 11.3 Å². The molecule has 2 aromatic heterocycles. The van der Waals surface area contributed by atoms with Gasteiger partial charge in [0.05, 0.1) is 10.3 Å². The number of amides is 2. The van der Waals surface area contributed by atoms with Gasteiger partial charge in [0.15, 0.2) is 0 Å². The molecule has 0 atom stereocenters. The fourth-order valence-electron chi connectivity index (χ4n) is 4.88. The summed E-state index contributed by atoms with van der Waals surface area (Å²) in [7, 11) is 0. The van der Waals surface area contributed by atoms with Crippen molar-refractivity contribution in [3.8, 4) is 23.0 Å². The molecule has 2 heterocycles. The Labute approximate surface area is 255 Å². The highest BCUT2D eigenvalue weighted by molar-refractivity contribution is 7.19. The molecule has 43 heavy (non-hydrogen) atoms. The van der Waals surface area contributed by atoms with Crippen LogP contribution >= 0.6 is 11.3 Å². The largest absolute Gasteiger partial charge is 0.369 e. The minimum absolute atomic E-state index is 0.262. The SMILES string of the molecule is CC(C)C#Cc1sc2ncnc(NCCc3ccc(NC(=O)Nc4ccccc4)cc3)c2c1-c1ccc2ccccc2c1. The summed E-state index contributed by atoms with van der Waals surface area (Å²) in [6.07, 6.45) is 2.41. The zero-order chi connectivity index (χ0) is 29.6. The minimum Gasteiger partial charge on any atom is -0.369 e. The second-order valence-corrected chi connectivity index (χ2v) is 11.5. The lowest BCUT2D eigenvalue weighted by atomic mass is 9.99. The molecule has 0 bridgehead atoms. The number of nitrogens with one attached hydrogen (secondary N) is 3. The smallest absolute Gasteiger partial charge is 0.323 e. The van der Waals surface area contributed by atoms with Gasteiger partial charge < -0.3 is 16.0 Å². The van der Waals surface area contributed by atoms with E-state index >= 15 is 0 Å². The van der Waals surface area contributed by atoms with Crippen molar-refractivity contribution in [3.63, 3.8) is 0 Å². The third-order valence-corrected chi connectivity index (χ3v) is 7.96. The summed E-state index contributed by atoms with van der Waals surface area (Å²) in [6, 6.07) is 31.9. The van der Waals surface area contributed by atoms with Crippen LogP contribution in [0.2, 0.25) is 0 Å². The van der Waals surface area contributed by atoms with E-state index in [2.05, 4.69) is 94.1 Å². The Morgan fingerprint density at radius 2 is 1.56 bits per heavy atom. The number of hydrogen-bond donors (Lipinski definition) is 3. The van der Waals surface area contributed by atoms with E-state index in [0.717, 1.165) is 55.4 Å². The summed E-state index contributed by atoms with van der Waals surface area (Å²) >= 11 is 1.61. The molecule has 0 radical (unpaired) electrons. The van der Waals surface area contributed by atoms with Crippen molar-refractivity contribution in [2.45, 2.75) is 20.3 Å². The first-order valence-electron chi connectivity index (χ1n) is 14.3. The van der Waals surface area contributed by atoms with Crippen molar-refractivity contribution in [1.82, 2.24) is 9.97 Å². The van der Waals surface area contributed by atoms with Gasteiger partial charge in [-0.2, -0.15) is 0 Å². The molecule has 0 fully saturated rings. The second kappa shape index (κ2) is 12.8. The first-order chi connectivity index (χ1) is 21.0. The van der Waals surface area contributed by atoms with Gasteiger partial charge in [-0.1, -0.05) is 92.4 Å². The van der Waals surface area contributed by atoms with Crippen LogP contribution in [0, 0.1) is 17.8 Å². The molecule has 7 heteroatoms. The maximum Gasteiger partial charge on any atom is 0.323 e. The van der Waals surface area contributed by atoms with Gasteiger partial charge in [-0.3, -0.25) is 0 Å². The average molecular weight is 582 g/mol. The molecule has 6 aromatic rings. The summed E-state index contributed by atoms with van der Waals surface area (Å²) in [6.45, 7) is 4.89. The Kier molecular flexibility index (Phi) is 8.30. The molecule has 0 saturated carbocycles. The fourth-order valence-corrected chi connectivity index (χ4v) is 5.91. The van der Waals surface area contributed by atoms with Crippen molar-refractivity contribution in [2.75, 3.05) is 22.5 Å². The summed E-state index contributed by atoms with van der Waals surface area (Å²) in [5, 5.41) is 12.7. The standard InChI is InChI=1S/C36H31N5OS/c1-24(2)12-19-31-32(28-16-15-26-8-6-7-9-27(26)22-28)33-34(38-23-39-35(33)43-31)37-21-20-25-13-17-30(18-14-25)41-36(42)40-29-10-4-3-5-11-29/h3-11,13-18,22-24H,20-21H2,1-2H3,(H,37,38,39)(H2,40,41,42). The molecule has 6 rings (SSSR count). The van der Waals surface area contributed by atoms with E-state index in [4.69, 9.17) is 0 Å². The molecule has 3 N–H and O–H groups in total. The third kappa shape index (κ3) is 6.66. The lowest BCUT2D eigenvalue weighted by Gasteiger charge is -2.11. The van der Waals surface area contributed by atoms with E-state index < -0.39 is 0 Å². The van der Waals surface area contributed by atoms with Crippen molar-refractivity contribution in [3.05, 3.63) is 114 Å². The van der Waals surface area contributed by atoms with Crippen LogP contribution in [0.3, 0.4) is 0 Å². The van der Waals surface area contributed by atoms with Crippen LogP contribution in [-0.2, 0) is 6.42 Å². The number of rotatable bonds is 7. The molecule has 4 aromatic carbocycles. The molecule has 2 amide bonds. The lowest BCUT2D eigenvalue weighted by molar-refractivity contribution is 0.262. The Bertz CT molecular complexity index is 1950. The van der Waals surface area contributed by atoms with Gasteiger partial charge in [0.2, 0.25) is 0 Å². The number of thiophene rings is 1. The van der Waals surface area contributed by atoms with Crippen LogP contribution < -0.4 is 16.0 Å². The first kappa shape index (κ1) is 28.0. The highest BCUT2D eigenvalue weighted by Gasteiger charge is 2.18. The van der Waals surface area contributed by atoms with Crippen molar-refractivity contribution in [1.29, 1.82) is 0 Å². The molecule has 0 aliphatic carbocycles. The van der Waals surface area contributed by atoms with E-state index in [9.17, 15) is 4.79 Å². The predicted molar refractivity (Wildman–Crippen MR) is 180 cm³/mol. The zero-order valence-electron chi connectivity index (χ0n) is 24.0. The fraction of sp³-hybridized carbons (Fsp3) is 0.139. The van der Waals surface area contributed by atoms with E-state index in [-0.39, 0.29) is 11.9 Å². The summed E-state index contributed by atoms with van der Waals surface area (Å²) in [5.74, 6) is 7.84. The molecule has 212 valence electrons.